The number of aromatic nitrogens is 4. The molecule has 3 heterocycles. The first-order valence-electron chi connectivity index (χ1n) is 8.67. The minimum atomic E-state index is -3.69. The molecule has 1 fully saturated rings. The standard InChI is InChI=1S/C15H21N7O6S/c1-11-13(8-16-18(11)2)29(26,27)21-6-4-19(5-7-21)14(23)10-20-9-12(22(24)25)15(17-20)28-3/h8-9H,4-7,10H2,1-3H3. The van der Waals surface area contributed by atoms with Crippen LogP contribution in [0.1, 0.15) is 5.69 Å². The van der Waals surface area contributed by atoms with E-state index in [1.807, 2.05) is 0 Å². The summed E-state index contributed by atoms with van der Waals surface area (Å²) in [6.07, 6.45) is 2.45. The van der Waals surface area contributed by atoms with Gasteiger partial charge in [0.15, 0.2) is 0 Å². The molecule has 14 heteroatoms. The van der Waals surface area contributed by atoms with E-state index in [1.165, 1.54) is 27.2 Å². The third kappa shape index (κ3) is 3.93. The Kier molecular flexibility index (Phi) is 5.57. The fourth-order valence-corrected chi connectivity index (χ4v) is 4.64. The molecule has 0 N–H and O–H groups in total. The van der Waals surface area contributed by atoms with Crippen molar-refractivity contribution in [3.05, 3.63) is 28.2 Å². The van der Waals surface area contributed by atoms with Crippen LogP contribution in [0.3, 0.4) is 0 Å². The lowest BCUT2D eigenvalue weighted by Crippen LogP contribution is -2.51. The molecule has 2 aromatic heterocycles. The van der Waals surface area contributed by atoms with Crippen molar-refractivity contribution in [3.63, 3.8) is 0 Å². The first-order valence-corrected chi connectivity index (χ1v) is 10.1. The zero-order valence-electron chi connectivity index (χ0n) is 16.2. The Balaban J connectivity index is 1.64. The van der Waals surface area contributed by atoms with Crippen molar-refractivity contribution in [1.29, 1.82) is 0 Å². The normalized spacial score (nSPS) is 15.5. The molecule has 1 amide bonds. The van der Waals surface area contributed by atoms with Gasteiger partial charge in [0.25, 0.3) is 0 Å². The molecule has 1 aliphatic heterocycles. The smallest absolute Gasteiger partial charge is 0.350 e. The van der Waals surface area contributed by atoms with Crippen molar-refractivity contribution < 1.29 is 22.9 Å². The fourth-order valence-electron chi connectivity index (χ4n) is 3.03. The zero-order chi connectivity index (χ0) is 21.3. The van der Waals surface area contributed by atoms with Gasteiger partial charge in [-0.25, -0.2) is 8.42 Å². The molecule has 0 radical (unpaired) electrons. The van der Waals surface area contributed by atoms with Gasteiger partial charge >= 0.3 is 11.6 Å². The van der Waals surface area contributed by atoms with E-state index in [0.29, 0.717) is 5.69 Å². The van der Waals surface area contributed by atoms with Crippen LogP contribution in [-0.2, 0) is 28.4 Å². The van der Waals surface area contributed by atoms with Crippen molar-refractivity contribution in [3.8, 4) is 5.88 Å². The van der Waals surface area contributed by atoms with Crippen LogP contribution in [0.2, 0.25) is 0 Å². The average molecular weight is 427 g/mol. The van der Waals surface area contributed by atoms with Gasteiger partial charge in [0.05, 0.1) is 23.9 Å². The number of amides is 1. The highest BCUT2D eigenvalue weighted by Crippen LogP contribution is 2.24. The Bertz CT molecular complexity index is 1040. The zero-order valence-corrected chi connectivity index (χ0v) is 17.0. The third-order valence-electron chi connectivity index (χ3n) is 4.80. The molecule has 0 spiro atoms. The Morgan fingerprint density at radius 1 is 1.31 bits per heavy atom. The van der Waals surface area contributed by atoms with Crippen LogP contribution < -0.4 is 4.74 Å². The minimum absolute atomic E-state index is 0.144. The second-order valence-electron chi connectivity index (χ2n) is 6.48. The number of nitrogens with zero attached hydrogens (tertiary/aromatic N) is 7. The Hall–Kier alpha value is -3.00. The number of hydrogen-bond donors (Lipinski definition) is 0. The summed E-state index contributed by atoms with van der Waals surface area (Å²) < 4.78 is 34.4. The van der Waals surface area contributed by atoms with Crippen LogP contribution >= 0.6 is 0 Å². The molecule has 0 bridgehead atoms. The van der Waals surface area contributed by atoms with Crippen molar-refractivity contribution in [2.45, 2.75) is 18.4 Å². The second-order valence-corrected chi connectivity index (χ2v) is 8.39. The Labute approximate surface area is 166 Å². The Morgan fingerprint density at radius 3 is 2.45 bits per heavy atom. The number of methoxy groups -OCH3 is 1. The summed E-state index contributed by atoms with van der Waals surface area (Å²) in [5.41, 5.74) is 0.209. The quantitative estimate of drug-likeness (QED) is 0.438. The van der Waals surface area contributed by atoms with Gasteiger partial charge in [-0.2, -0.15) is 9.40 Å². The molecule has 0 unspecified atom stereocenters. The largest absolute Gasteiger partial charge is 0.475 e. The molecular formula is C15H21N7O6S. The van der Waals surface area contributed by atoms with Crippen LogP contribution in [0.4, 0.5) is 5.69 Å². The number of hydrogen-bond acceptors (Lipinski definition) is 8. The second kappa shape index (κ2) is 7.79. The summed E-state index contributed by atoms with van der Waals surface area (Å²) in [6, 6.07) is 0. The maximum absolute atomic E-state index is 12.8. The lowest BCUT2D eigenvalue weighted by Gasteiger charge is -2.33. The van der Waals surface area contributed by atoms with Crippen molar-refractivity contribution >= 4 is 21.6 Å². The summed E-state index contributed by atoms with van der Waals surface area (Å²) in [5, 5.41) is 18.8. The van der Waals surface area contributed by atoms with Crippen LogP contribution in [0.25, 0.3) is 0 Å². The summed E-state index contributed by atoms with van der Waals surface area (Å²) in [7, 11) is -0.771. The number of rotatable bonds is 6. The Morgan fingerprint density at radius 2 is 1.97 bits per heavy atom. The van der Waals surface area contributed by atoms with Gasteiger partial charge in [-0.15, -0.1) is 5.10 Å². The van der Waals surface area contributed by atoms with Crippen molar-refractivity contribution in [1.82, 2.24) is 28.8 Å². The minimum Gasteiger partial charge on any atom is -0.475 e. The molecule has 0 aliphatic carbocycles. The van der Waals surface area contributed by atoms with Gasteiger partial charge in [-0.1, -0.05) is 0 Å². The van der Waals surface area contributed by atoms with Gasteiger partial charge in [-0.3, -0.25) is 24.3 Å². The molecule has 158 valence electrons. The molecule has 1 saturated heterocycles. The molecule has 0 aromatic carbocycles. The van der Waals surface area contributed by atoms with Gasteiger partial charge in [0.1, 0.15) is 17.6 Å². The van der Waals surface area contributed by atoms with E-state index in [4.69, 9.17) is 4.74 Å². The highest BCUT2D eigenvalue weighted by Gasteiger charge is 2.32. The monoisotopic (exact) mass is 427 g/mol. The summed E-state index contributed by atoms with van der Waals surface area (Å²) in [5.74, 6) is -0.495. The highest BCUT2D eigenvalue weighted by molar-refractivity contribution is 7.89. The lowest BCUT2D eigenvalue weighted by atomic mass is 10.3. The summed E-state index contributed by atoms with van der Waals surface area (Å²) in [6.45, 7) is 2.17. The molecule has 1 aliphatic rings. The number of ether oxygens (including phenoxy) is 1. The van der Waals surface area contributed by atoms with E-state index in [1.54, 1.807) is 14.0 Å². The molecule has 2 aromatic rings. The maximum atomic E-state index is 12.8. The van der Waals surface area contributed by atoms with Gasteiger partial charge < -0.3 is 9.64 Å². The van der Waals surface area contributed by atoms with E-state index in [0.717, 1.165) is 10.9 Å². The maximum Gasteiger partial charge on any atom is 0.350 e. The number of carbonyl (C=O) groups is 1. The van der Waals surface area contributed by atoms with Gasteiger partial charge in [-0.05, 0) is 6.92 Å². The topological polar surface area (TPSA) is 146 Å². The van der Waals surface area contributed by atoms with E-state index < -0.39 is 14.9 Å². The summed E-state index contributed by atoms with van der Waals surface area (Å²) in [4.78, 5) is 24.5. The van der Waals surface area contributed by atoms with E-state index >= 15 is 0 Å². The first-order chi connectivity index (χ1) is 13.6. The number of piperazine rings is 1. The first kappa shape index (κ1) is 20.7. The predicted octanol–water partition coefficient (Wildman–Crippen LogP) is -0.625. The van der Waals surface area contributed by atoms with Gasteiger partial charge in [0, 0.05) is 33.2 Å². The number of nitro groups is 1. The molecule has 0 atom stereocenters. The molecule has 29 heavy (non-hydrogen) atoms. The van der Waals surface area contributed by atoms with Crippen LogP contribution in [0.5, 0.6) is 5.88 Å². The highest BCUT2D eigenvalue weighted by atomic mass is 32.2. The molecular weight excluding hydrogens is 406 g/mol. The van der Waals surface area contributed by atoms with Gasteiger partial charge in [0.2, 0.25) is 15.9 Å². The van der Waals surface area contributed by atoms with Crippen LogP contribution in [0, 0.1) is 17.0 Å². The van der Waals surface area contributed by atoms with Crippen LogP contribution in [-0.4, -0.2) is 81.3 Å². The van der Waals surface area contributed by atoms with Crippen LogP contribution in [0.15, 0.2) is 17.3 Å². The summed E-state index contributed by atoms with van der Waals surface area (Å²) >= 11 is 0. The van der Waals surface area contributed by atoms with E-state index in [-0.39, 0.29) is 55.1 Å². The lowest BCUT2D eigenvalue weighted by molar-refractivity contribution is -0.385. The third-order valence-corrected chi connectivity index (χ3v) is 6.80. The van der Waals surface area contributed by atoms with Crippen molar-refractivity contribution in [2.75, 3.05) is 33.3 Å². The number of sulfonamides is 1. The molecule has 0 saturated carbocycles. The number of carbonyl (C=O) groups excluding carboxylic acids is 1. The SMILES string of the molecule is COc1nn(CC(=O)N2CCN(S(=O)(=O)c3cnn(C)c3C)CC2)cc1[N+](=O)[O-]. The number of aryl methyl sites for hydroxylation is 1. The van der Waals surface area contributed by atoms with E-state index in [9.17, 15) is 23.3 Å². The fraction of sp³-hybridized carbons (Fsp3) is 0.533. The van der Waals surface area contributed by atoms with Crippen molar-refractivity contribution in [2.24, 2.45) is 7.05 Å². The molecule has 3 rings (SSSR count). The molecule has 13 nitrogen and oxygen atoms in total. The average Bonchev–Trinajstić information content (AvgIpc) is 3.25. The predicted molar refractivity (Wildman–Crippen MR) is 98.7 cm³/mol. The van der Waals surface area contributed by atoms with E-state index in [2.05, 4.69) is 10.2 Å².